The Labute approximate surface area is 217 Å². The van der Waals surface area contributed by atoms with E-state index in [1.54, 1.807) is 13.0 Å². The van der Waals surface area contributed by atoms with Gasteiger partial charge in [0.1, 0.15) is 18.8 Å². The number of hydrogen-bond acceptors (Lipinski definition) is 7. The van der Waals surface area contributed by atoms with Crippen LogP contribution in [0.1, 0.15) is 67.2 Å². The van der Waals surface area contributed by atoms with E-state index in [2.05, 4.69) is 23.8 Å². The van der Waals surface area contributed by atoms with Gasteiger partial charge >= 0.3 is 0 Å². The Balaban J connectivity index is 1.95. The summed E-state index contributed by atoms with van der Waals surface area (Å²) in [7, 11) is 1.39. The normalized spacial score (nSPS) is 13.4. The first-order valence-corrected chi connectivity index (χ1v) is 12.5. The molecule has 9 nitrogen and oxygen atoms in total. The minimum Gasteiger partial charge on any atom is -0.387 e. The molecule has 1 amide bonds. The van der Waals surface area contributed by atoms with Crippen molar-refractivity contribution in [2.45, 2.75) is 47.0 Å². The SMILES string of the molecule is CCCN(CCC)C(=O)C1=Cc2ccc(/C(C)=C/c3ncn(C(=O)COC)c(=O)c3C)cc2N=C(N)C1. The summed E-state index contributed by atoms with van der Waals surface area (Å²) < 4.78 is 5.78. The van der Waals surface area contributed by atoms with Gasteiger partial charge in [0.25, 0.3) is 11.5 Å². The molecule has 3 rings (SSSR count). The van der Waals surface area contributed by atoms with E-state index in [9.17, 15) is 14.4 Å². The zero-order valence-electron chi connectivity index (χ0n) is 22.2. The van der Waals surface area contributed by atoms with E-state index in [0.717, 1.165) is 34.1 Å². The number of carbonyl (C=O) groups excluding carboxylic acids is 2. The van der Waals surface area contributed by atoms with Crippen LogP contribution in [-0.2, 0) is 9.53 Å². The molecule has 2 aromatic rings. The van der Waals surface area contributed by atoms with Crippen LogP contribution in [0.4, 0.5) is 5.69 Å². The van der Waals surface area contributed by atoms with Gasteiger partial charge in [-0.1, -0.05) is 26.0 Å². The number of nitrogens with two attached hydrogens (primary N) is 1. The molecule has 1 aromatic carbocycles. The fourth-order valence-corrected chi connectivity index (χ4v) is 4.20. The average Bonchev–Trinajstić information content (AvgIpc) is 3.03. The molecule has 2 heterocycles. The number of ether oxygens (including phenoxy) is 1. The Morgan fingerprint density at radius 2 is 1.92 bits per heavy atom. The molecular weight excluding hydrogens is 470 g/mol. The molecule has 0 radical (unpaired) electrons. The largest absolute Gasteiger partial charge is 0.387 e. The zero-order valence-corrected chi connectivity index (χ0v) is 22.2. The van der Waals surface area contributed by atoms with Gasteiger partial charge in [0, 0.05) is 43.3 Å². The fourth-order valence-electron chi connectivity index (χ4n) is 4.20. The molecule has 0 bridgehead atoms. The average molecular weight is 506 g/mol. The number of hydrogen-bond donors (Lipinski definition) is 1. The van der Waals surface area contributed by atoms with Gasteiger partial charge in [-0.3, -0.25) is 14.4 Å². The first-order valence-electron chi connectivity index (χ1n) is 12.5. The summed E-state index contributed by atoms with van der Waals surface area (Å²) in [6.45, 7) is 8.87. The zero-order chi connectivity index (χ0) is 27.1. The van der Waals surface area contributed by atoms with Gasteiger partial charge in [-0.15, -0.1) is 0 Å². The lowest BCUT2D eigenvalue weighted by atomic mass is 10.0. The van der Waals surface area contributed by atoms with Crippen LogP contribution in [0.3, 0.4) is 0 Å². The van der Waals surface area contributed by atoms with Crippen LogP contribution >= 0.6 is 0 Å². The predicted molar refractivity (Wildman–Crippen MR) is 147 cm³/mol. The molecule has 0 fully saturated rings. The third-order valence-electron chi connectivity index (χ3n) is 6.13. The molecule has 2 N–H and O–H groups in total. The Kier molecular flexibility index (Phi) is 9.30. The quantitative estimate of drug-likeness (QED) is 0.553. The maximum Gasteiger partial charge on any atom is 0.263 e. The highest BCUT2D eigenvalue weighted by Crippen LogP contribution is 2.31. The second kappa shape index (κ2) is 12.4. The van der Waals surface area contributed by atoms with Gasteiger partial charge < -0.3 is 15.4 Å². The van der Waals surface area contributed by atoms with E-state index in [0.29, 0.717) is 47.9 Å². The van der Waals surface area contributed by atoms with Crippen LogP contribution in [0.2, 0.25) is 0 Å². The molecular formula is C28H35N5O4. The summed E-state index contributed by atoms with van der Waals surface area (Å²) >= 11 is 0. The van der Waals surface area contributed by atoms with Crippen molar-refractivity contribution in [3.8, 4) is 0 Å². The van der Waals surface area contributed by atoms with Crippen molar-refractivity contribution >= 4 is 41.1 Å². The van der Waals surface area contributed by atoms with E-state index >= 15 is 0 Å². The Hall–Kier alpha value is -3.85. The lowest BCUT2D eigenvalue weighted by molar-refractivity contribution is -0.127. The Morgan fingerprint density at radius 3 is 2.57 bits per heavy atom. The summed E-state index contributed by atoms with van der Waals surface area (Å²) in [5.41, 5.74) is 10.5. The number of allylic oxidation sites excluding steroid dienone is 1. The Bertz CT molecular complexity index is 1330. The highest BCUT2D eigenvalue weighted by molar-refractivity contribution is 6.05. The Morgan fingerprint density at radius 1 is 1.22 bits per heavy atom. The number of amidine groups is 1. The summed E-state index contributed by atoms with van der Waals surface area (Å²) in [5, 5.41) is 0. The minimum absolute atomic E-state index is 0.00452. The first kappa shape index (κ1) is 27.7. The van der Waals surface area contributed by atoms with Crippen molar-refractivity contribution < 1.29 is 14.3 Å². The molecule has 196 valence electrons. The summed E-state index contributed by atoms with van der Waals surface area (Å²) in [6, 6.07) is 5.77. The highest BCUT2D eigenvalue weighted by Gasteiger charge is 2.21. The lowest BCUT2D eigenvalue weighted by Gasteiger charge is -2.22. The van der Waals surface area contributed by atoms with Gasteiger partial charge in [-0.25, -0.2) is 14.5 Å². The summed E-state index contributed by atoms with van der Waals surface area (Å²) in [5.74, 6) is -0.1000. The number of aromatic nitrogens is 2. The third-order valence-corrected chi connectivity index (χ3v) is 6.13. The fraction of sp³-hybridized carbons (Fsp3) is 0.393. The molecule has 0 aliphatic carbocycles. The topological polar surface area (TPSA) is 120 Å². The molecule has 0 saturated heterocycles. The van der Waals surface area contributed by atoms with Crippen molar-refractivity contribution in [3.05, 3.63) is 62.8 Å². The van der Waals surface area contributed by atoms with Crippen LogP contribution in [0.5, 0.6) is 0 Å². The van der Waals surface area contributed by atoms with Gasteiger partial charge in [0.05, 0.1) is 11.4 Å². The number of nitrogens with zero attached hydrogens (tertiary/aromatic N) is 4. The third kappa shape index (κ3) is 6.48. The van der Waals surface area contributed by atoms with Crippen molar-refractivity contribution in [1.29, 1.82) is 0 Å². The summed E-state index contributed by atoms with van der Waals surface area (Å²) in [6.07, 6.45) is 6.98. The van der Waals surface area contributed by atoms with Crippen molar-refractivity contribution in [1.82, 2.24) is 14.5 Å². The first-order chi connectivity index (χ1) is 17.7. The van der Waals surface area contributed by atoms with Crippen LogP contribution in [-0.4, -0.2) is 58.9 Å². The number of fused-ring (bicyclic) bond motifs is 1. The summed E-state index contributed by atoms with van der Waals surface area (Å²) in [4.78, 5) is 48.7. The van der Waals surface area contributed by atoms with Crippen molar-refractivity contribution in [2.75, 3.05) is 26.8 Å². The second-order valence-electron chi connectivity index (χ2n) is 9.10. The van der Waals surface area contributed by atoms with Crippen LogP contribution in [0, 0.1) is 6.92 Å². The number of aliphatic imine (C=N–C) groups is 1. The van der Waals surface area contributed by atoms with Gasteiger partial charge in [0.2, 0.25) is 5.91 Å². The molecule has 37 heavy (non-hydrogen) atoms. The van der Waals surface area contributed by atoms with E-state index < -0.39 is 11.5 Å². The van der Waals surface area contributed by atoms with E-state index in [1.807, 2.05) is 36.1 Å². The molecule has 0 saturated carbocycles. The van der Waals surface area contributed by atoms with Crippen molar-refractivity contribution in [3.63, 3.8) is 0 Å². The number of amides is 1. The molecule has 1 aromatic heterocycles. The number of benzene rings is 1. The maximum atomic E-state index is 13.2. The lowest BCUT2D eigenvalue weighted by Crippen LogP contribution is -2.34. The van der Waals surface area contributed by atoms with Crippen LogP contribution < -0.4 is 11.3 Å². The molecule has 1 aliphatic rings. The van der Waals surface area contributed by atoms with E-state index in [4.69, 9.17) is 10.5 Å². The van der Waals surface area contributed by atoms with E-state index in [1.165, 1.54) is 13.4 Å². The van der Waals surface area contributed by atoms with Crippen LogP contribution in [0.15, 0.2) is 39.9 Å². The van der Waals surface area contributed by atoms with Gasteiger partial charge in [0.15, 0.2) is 0 Å². The minimum atomic E-state index is -0.477. The van der Waals surface area contributed by atoms with Crippen molar-refractivity contribution in [2.24, 2.45) is 10.7 Å². The number of rotatable bonds is 9. The maximum absolute atomic E-state index is 13.2. The van der Waals surface area contributed by atoms with E-state index in [-0.39, 0.29) is 12.5 Å². The van der Waals surface area contributed by atoms with Crippen LogP contribution in [0.25, 0.3) is 17.7 Å². The molecule has 0 atom stereocenters. The molecule has 1 aliphatic heterocycles. The van der Waals surface area contributed by atoms with Gasteiger partial charge in [-0.2, -0.15) is 0 Å². The second-order valence-corrected chi connectivity index (χ2v) is 9.10. The molecule has 9 heteroatoms. The monoisotopic (exact) mass is 505 g/mol. The van der Waals surface area contributed by atoms with Gasteiger partial charge in [-0.05, 0) is 56.0 Å². The molecule has 0 unspecified atom stereocenters. The predicted octanol–water partition coefficient (Wildman–Crippen LogP) is 3.82. The highest BCUT2D eigenvalue weighted by atomic mass is 16.5. The smallest absolute Gasteiger partial charge is 0.263 e. The number of carbonyl (C=O) groups is 2. The molecule has 0 spiro atoms. The standard InChI is InChI=1S/C28H35N5O4/c1-6-10-32(11-7-2)28(36)22-13-21-9-8-20(14-24(21)31-25(29)15-22)18(3)12-23-19(4)27(35)33(17-30-23)26(34)16-37-5/h8-9,12-14,17H,6-7,10-11,15-16H2,1-5H3,(H2,29,31)/b18-12+. The number of methoxy groups -OCH3 is 1.